The van der Waals surface area contributed by atoms with E-state index in [0.717, 1.165) is 10.0 Å². The smallest absolute Gasteiger partial charge is 0.288 e. The monoisotopic (exact) mass is 309 g/mol. The number of benzene rings is 1. The molecule has 0 N–H and O–H groups in total. The molecule has 0 saturated carbocycles. The van der Waals surface area contributed by atoms with E-state index in [2.05, 4.69) is 15.9 Å². The molecule has 1 aromatic carbocycles. The number of nitrogens with zero attached hydrogens (tertiary/aromatic N) is 1. The summed E-state index contributed by atoms with van der Waals surface area (Å²) in [4.78, 5) is 1.41. The largest absolute Gasteiger partial charge is 0.401 e. The normalized spacial score (nSPS) is 12.5. The van der Waals surface area contributed by atoms with E-state index >= 15 is 0 Å². The Kier molecular flexibility index (Phi) is 5.01. The summed E-state index contributed by atoms with van der Waals surface area (Å²) in [6.45, 7) is 2.97. The van der Waals surface area contributed by atoms with E-state index in [9.17, 15) is 13.2 Å². The average Bonchev–Trinajstić information content (AvgIpc) is 2.18. The fourth-order valence-corrected chi connectivity index (χ4v) is 1.74. The molecule has 17 heavy (non-hydrogen) atoms. The van der Waals surface area contributed by atoms with Crippen molar-refractivity contribution in [2.45, 2.75) is 32.6 Å². The maximum atomic E-state index is 12.4. The van der Waals surface area contributed by atoms with Crippen molar-refractivity contribution < 1.29 is 13.2 Å². The molecule has 0 heterocycles. The van der Waals surface area contributed by atoms with E-state index in [-0.39, 0.29) is 6.04 Å². The highest BCUT2D eigenvalue weighted by molar-refractivity contribution is 9.10. The molecular formula is C12H15BrF3N. The summed E-state index contributed by atoms with van der Waals surface area (Å²) in [6.07, 6.45) is -4.15. The first-order valence-corrected chi connectivity index (χ1v) is 6.12. The minimum atomic E-state index is -4.15. The molecule has 0 spiro atoms. The highest BCUT2D eigenvalue weighted by Gasteiger charge is 2.31. The first kappa shape index (κ1) is 14.5. The molecule has 1 aromatic rings. The molecule has 0 radical (unpaired) electrons. The van der Waals surface area contributed by atoms with Gasteiger partial charge in [-0.1, -0.05) is 28.1 Å². The minimum absolute atomic E-state index is 0.139. The molecule has 0 atom stereocenters. The Morgan fingerprint density at radius 2 is 1.71 bits per heavy atom. The molecule has 96 valence electrons. The van der Waals surface area contributed by atoms with Gasteiger partial charge in [-0.25, -0.2) is 0 Å². The number of hydrogen-bond donors (Lipinski definition) is 0. The van der Waals surface area contributed by atoms with Gasteiger partial charge in [0.15, 0.2) is 0 Å². The molecule has 0 aliphatic rings. The summed E-state index contributed by atoms with van der Waals surface area (Å²) in [7, 11) is 0. The number of rotatable bonds is 4. The van der Waals surface area contributed by atoms with Gasteiger partial charge in [0, 0.05) is 17.1 Å². The Balaban J connectivity index is 2.70. The van der Waals surface area contributed by atoms with Crippen molar-refractivity contribution in [2.75, 3.05) is 6.54 Å². The molecule has 1 rings (SSSR count). The van der Waals surface area contributed by atoms with Crippen molar-refractivity contribution in [2.24, 2.45) is 0 Å². The Hall–Kier alpha value is -0.550. The Morgan fingerprint density at radius 3 is 2.12 bits per heavy atom. The molecule has 0 aromatic heterocycles. The Labute approximate surface area is 108 Å². The zero-order chi connectivity index (χ0) is 13.1. The van der Waals surface area contributed by atoms with Gasteiger partial charge >= 0.3 is 6.18 Å². The molecular weight excluding hydrogens is 295 g/mol. The molecule has 0 fully saturated rings. The second-order valence-electron chi connectivity index (χ2n) is 4.24. The van der Waals surface area contributed by atoms with Crippen LogP contribution in [0.5, 0.6) is 0 Å². The quantitative estimate of drug-likeness (QED) is 0.805. The minimum Gasteiger partial charge on any atom is -0.288 e. The lowest BCUT2D eigenvalue weighted by atomic mass is 10.2. The molecule has 0 saturated heterocycles. The average molecular weight is 310 g/mol. The van der Waals surface area contributed by atoms with E-state index in [1.807, 2.05) is 24.3 Å². The molecule has 0 bridgehead atoms. The van der Waals surface area contributed by atoms with Gasteiger partial charge in [0.1, 0.15) is 0 Å². The van der Waals surface area contributed by atoms with Gasteiger partial charge < -0.3 is 0 Å². The predicted molar refractivity (Wildman–Crippen MR) is 65.7 cm³/mol. The number of alkyl halides is 3. The van der Waals surface area contributed by atoms with E-state index in [0.29, 0.717) is 6.54 Å². The maximum Gasteiger partial charge on any atom is 0.401 e. The highest BCUT2D eigenvalue weighted by atomic mass is 79.9. The van der Waals surface area contributed by atoms with E-state index in [4.69, 9.17) is 0 Å². The zero-order valence-corrected chi connectivity index (χ0v) is 11.3. The van der Waals surface area contributed by atoms with Crippen LogP contribution in [-0.2, 0) is 6.54 Å². The van der Waals surface area contributed by atoms with Crippen LogP contribution in [0.4, 0.5) is 13.2 Å². The van der Waals surface area contributed by atoms with Crippen molar-refractivity contribution in [3.63, 3.8) is 0 Å². The number of hydrogen-bond acceptors (Lipinski definition) is 1. The summed E-state index contributed by atoms with van der Waals surface area (Å²) in [5, 5.41) is 0. The highest BCUT2D eigenvalue weighted by Crippen LogP contribution is 2.20. The van der Waals surface area contributed by atoms with E-state index in [1.165, 1.54) is 4.90 Å². The van der Waals surface area contributed by atoms with Crippen LogP contribution in [0, 0.1) is 0 Å². The van der Waals surface area contributed by atoms with Gasteiger partial charge in [-0.2, -0.15) is 13.2 Å². The van der Waals surface area contributed by atoms with Gasteiger partial charge in [-0.3, -0.25) is 4.90 Å². The fraction of sp³-hybridized carbons (Fsp3) is 0.500. The van der Waals surface area contributed by atoms with Crippen LogP contribution < -0.4 is 0 Å². The van der Waals surface area contributed by atoms with Crippen molar-refractivity contribution >= 4 is 15.9 Å². The van der Waals surface area contributed by atoms with Crippen molar-refractivity contribution in [1.29, 1.82) is 0 Å². The third kappa shape index (κ3) is 5.55. The van der Waals surface area contributed by atoms with Gasteiger partial charge in [0.25, 0.3) is 0 Å². The molecule has 0 amide bonds. The standard InChI is InChI=1S/C12H15BrF3N/c1-9(2)17(8-12(14,15)16)7-10-3-5-11(13)6-4-10/h3-6,9H,7-8H2,1-2H3. The lowest BCUT2D eigenvalue weighted by molar-refractivity contribution is -0.150. The lowest BCUT2D eigenvalue weighted by Gasteiger charge is -2.27. The van der Waals surface area contributed by atoms with Crippen LogP contribution in [0.25, 0.3) is 0 Å². The van der Waals surface area contributed by atoms with Crippen molar-refractivity contribution in [3.8, 4) is 0 Å². The lowest BCUT2D eigenvalue weighted by Crippen LogP contribution is -2.38. The van der Waals surface area contributed by atoms with Gasteiger partial charge in [-0.05, 0) is 31.5 Å². The second kappa shape index (κ2) is 5.87. The molecule has 1 nitrogen and oxygen atoms in total. The Morgan fingerprint density at radius 1 is 1.18 bits per heavy atom. The summed E-state index contributed by atoms with van der Waals surface area (Å²) < 4.78 is 38.1. The maximum absolute atomic E-state index is 12.4. The van der Waals surface area contributed by atoms with Crippen molar-refractivity contribution in [1.82, 2.24) is 4.90 Å². The molecule has 0 aliphatic carbocycles. The molecule has 0 unspecified atom stereocenters. The SMILES string of the molecule is CC(C)N(Cc1ccc(Br)cc1)CC(F)(F)F. The first-order chi connectivity index (χ1) is 7.78. The zero-order valence-electron chi connectivity index (χ0n) is 9.76. The predicted octanol–water partition coefficient (Wildman–Crippen LogP) is 4.22. The summed E-state index contributed by atoms with van der Waals surface area (Å²) in [6, 6.07) is 7.19. The van der Waals surface area contributed by atoms with Gasteiger partial charge in [0.05, 0.1) is 6.54 Å². The topological polar surface area (TPSA) is 3.24 Å². The van der Waals surface area contributed by atoms with Gasteiger partial charge in [-0.15, -0.1) is 0 Å². The van der Waals surface area contributed by atoms with Crippen LogP contribution in [0.3, 0.4) is 0 Å². The van der Waals surface area contributed by atoms with Gasteiger partial charge in [0.2, 0.25) is 0 Å². The summed E-state index contributed by atoms with van der Waals surface area (Å²) >= 11 is 3.30. The van der Waals surface area contributed by atoms with Crippen LogP contribution >= 0.6 is 15.9 Å². The molecule has 0 aliphatic heterocycles. The van der Waals surface area contributed by atoms with Crippen LogP contribution in [0.1, 0.15) is 19.4 Å². The Bertz CT molecular complexity index is 346. The third-order valence-corrected chi connectivity index (χ3v) is 2.94. The van der Waals surface area contributed by atoms with E-state index in [1.54, 1.807) is 13.8 Å². The second-order valence-corrected chi connectivity index (χ2v) is 5.16. The van der Waals surface area contributed by atoms with Crippen LogP contribution in [-0.4, -0.2) is 23.7 Å². The fourth-order valence-electron chi connectivity index (χ4n) is 1.48. The van der Waals surface area contributed by atoms with Crippen LogP contribution in [0.2, 0.25) is 0 Å². The van der Waals surface area contributed by atoms with E-state index < -0.39 is 12.7 Å². The summed E-state index contributed by atoms with van der Waals surface area (Å²) in [5.41, 5.74) is 0.881. The summed E-state index contributed by atoms with van der Waals surface area (Å²) in [5.74, 6) is 0. The molecule has 5 heteroatoms. The third-order valence-electron chi connectivity index (χ3n) is 2.41. The first-order valence-electron chi connectivity index (χ1n) is 5.33. The van der Waals surface area contributed by atoms with Crippen LogP contribution in [0.15, 0.2) is 28.7 Å². The van der Waals surface area contributed by atoms with Crippen molar-refractivity contribution in [3.05, 3.63) is 34.3 Å². The number of halogens is 4.